The summed E-state index contributed by atoms with van der Waals surface area (Å²) in [6.45, 7) is 2.80. The Labute approximate surface area is 133 Å². The molecule has 7 nitrogen and oxygen atoms in total. The van der Waals surface area contributed by atoms with Crippen molar-refractivity contribution in [3.63, 3.8) is 0 Å². The maximum absolute atomic E-state index is 11.4. The third-order valence-electron chi connectivity index (χ3n) is 3.04. The molecule has 0 saturated carbocycles. The number of aryl methyl sites for hydroxylation is 1. The fraction of sp³-hybridized carbons (Fsp3) is 0.385. The van der Waals surface area contributed by atoms with Gasteiger partial charge in [0.15, 0.2) is 5.16 Å². The highest BCUT2D eigenvalue weighted by Gasteiger charge is 2.15. The van der Waals surface area contributed by atoms with Crippen molar-refractivity contribution in [2.24, 2.45) is 10.9 Å². The van der Waals surface area contributed by atoms with E-state index in [4.69, 9.17) is 10.9 Å². The predicted molar refractivity (Wildman–Crippen MR) is 85.9 cm³/mol. The first-order valence-electron chi connectivity index (χ1n) is 6.77. The normalized spacial score (nSPS) is 11.9. The number of fused-ring (bicyclic) bond motifs is 1. The minimum absolute atomic E-state index is 0.0369. The number of hydrogen-bond donors (Lipinski definition) is 2. The topological polar surface area (TPSA) is 121 Å². The maximum atomic E-state index is 11.4. The van der Waals surface area contributed by atoms with E-state index >= 15 is 0 Å². The summed E-state index contributed by atoms with van der Waals surface area (Å²) >= 11 is 1.42. The minimum Gasteiger partial charge on any atom is -0.370 e. The maximum Gasteiger partial charge on any atom is 0.238 e. The first-order valence-corrected chi connectivity index (χ1v) is 9.30. The lowest BCUT2D eigenvalue weighted by molar-refractivity contribution is -0.117. The van der Waals surface area contributed by atoms with Gasteiger partial charge in [-0.2, -0.15) is 0 Å². The van der Waals surface area contributed by atoms with Crippen molar-refractivity contribution in [3.05, 3.63) is 18.2 Å². The number of thioether (sulfide) groups is 1. The van der Waals surface area contributed by atoms with Crippen molar-refractivity contribution in [1.29, 1.82) is 0 Å². The van der Waals surface area contributed by atoms with Crippen LogP contribution >= 0.6 is 11.8 Å². The number of amides is 1. The highest BCUT2D eigenvalue weighted by molar-refractivity contribution is 7.99. The zero-order valence-electron chi connectivity index (χ0n) is 12.2. The molecule has 9 heteroatoms. The van der Waals surface area contributed by atoms with Crippen LogP contribution in [0, 0.1) is 0 Å². The number of carbonyl (C=O) groups is 1. The molecule has 0 atom stereocenters. The number of imidazole rings is 1. The van der Waals surface area contributed by atoms with Gasteiger partial charge in [-0.1, -0.05) is 18.7 Å². The monoisotopic (exact) mass is 342 g/mol. The van der Waals surface area contributed by atoms with Crippen LogP contribution in [0.4, 0.5) is 0 Å². The van der Waals surface area contributed by atoms with Crippen molar-refractivity contribution in [1.82, 2.24) is 9.55 Å². The molecule has 1 aromatic carbocycles. The van der Waals surface area contributed by atoms with Crippen molar-refractivity contribution in [3.8, 4) is 0 Å². The molecule has 1 aromatic heterocycles. The van der Waals surface area contributed by atoms with Gasteiger partial charge in [0.25, 0.3) is 0 Å². The average Bonchev–Trinajstić information content (AvgIpc) is 2.75. The molecule has 0 aliphatic carbocycles. The Hall–Kier alpha value is -1.58. The van der Waals surface area contributed by atoms with Crippen LogP contribution < -0.4 is 10.9 Å². The van der Waals surface area contributed by atoms with Gasteiger partial charge in [-0.25, -0.2) is 18.5 Å². The number of rotatable bonds is 7. The number of primary sulfonamides is 1. The predicted octanol–water partition coefficient (Wildman–Crippen LogP) is 1.06. The van der Waals surface area contributed by atoms with Crippen molar-refractivity contribution < 1.29 is 13.2 Å². The zero-order valence-corrected chi connectivity index (χ0v) is 13.8. The first kappa shape index (κ1) is 16.8. The first-order chi connectivity index (χ1) is 10.3. The Balaban J connectivity index is 2.42. The second kappa shape index (κ2) is 6.67. The third-order valence-corrected chi connectivity index (χ3v) is 4.93. The lowest BCUT2D eigenvalue weighted by atomic mass is 10.3. The van der Waals surface area contributed by atoms with Crippen LogP contribution in [0.2, 0.25) is 0 Å². The molecule has 1 amide bonds. The Morgan fingerprint density at radius 2 is 2.14 bits per heavy atom. The van der Waals surface area contributed by atoms with Gasteiger partial charge in [-0.3, -0.25) is 4.79 Å². The Morgan fingerprint density at radius 3 is 2.73 bits per heavy atom. The molecule has 0 aliphatic rings. The van der Waals surface area contributed by atoms with E-state index in [-0.39, 0.29) is 17.2 Å². The summed E-state index contributed by atoms with van der Waals surface area (Å²) in [5.74, 6) is 0.173. The summed E-state index contributed by atoms with van der Waals surface area (Å²) in [5, 5.41) is 5.89. The number of aromatic nitrogens is 2. The van der Waals surface area contributed by atoms with Gasteiger partial charge in [0.1, 0.15) is 0 Å². The van der Waals surface area contributed by atoms with Crippen LogP contribution in [0.25, 0.3) is 11.0 Å². The minimum atomic E-state index is -3.76. The van der Waals surface area contributed by atoms with E-state index in [1.54, 1.807) is 6.07 Å². The van der Waals surface area contributed by atoms with E-state index in [1.165, 1.54) is 23.9 Å². The Morgan fingerprint density at radius 1 is 1.41 bits per heavy atom. The van der Waals surface area contributed by atoms with Crippen LogP contribution in [-0.2, 0) is 21.4 Å². The zero-order chi connectivity index (χ0) is 16.3. The molecule has 0 aliphatic heterocycles. The molecule has 120 valence electrons. The summed E-state index contributed by atoms with van der Waals surface area (Å²) in [6.07, 6.45) is 1.17. The molecule has 2 rings (SSSR count). The number of nitrogens with two attached hydrogens (primary N) is 2. The number of nitrogens with zero attached hydrogens (tertiary/aromatic N) is 2. The summed E-state index contributed by atoms with van der Waals surface area (Å²) in [6, 6.07) is 4.65. The SMILES string of the molecule is CCCn1c(SCCC(N)=O)nc2cc(S(N)(=O)=O)ccc21. The van der Waals surface area contributed by atoms with E-state index in [0.29, 0.717) is 11.3 Å². The Bertz CT molecular complexity index is 799. The second-order valence-corrected chi connectivity index (χ2v) is 7.43. The van der Waals surface area contributed by atoms with Crippen LogP contribution in [0.1, 0.15) is 19.8 Å². The van der Waals surface area contributed by atoms with Crippen molar-refractivity contribution >= 4 is 38.7 Å². The lowest BCUT2D eigenvalue weighted by Gasteiger charge is -2.06. The molecule has 1 heterocycles. The highest BCUT2D eigenvalue weighted by Crippen LogP contribution is 2.26. The van der Waals surface area contributed by atoms with Gasteiger partial charge in [0.2, 0.25) is 15.9 Å². The molecule has 0 bridgehead atoms. The van der Waals surface area contributed by atoms with E-state index in [0.717, 1.165) is 23.6 Å². The standard InChI is InChI=1S/C13H18N4O3S2/c1-2-6-17-11-4-3-9(22(15,19)20)8-10(11)16-13(17)21-7-5-12(14)18/h3-4,8H,2,5-7H2,1H3,(H2,14,18)(H2,15,19,20). The average molecular weight is 342 g/mol. The van der Waals surface area contributed by atoms with E-state index < -0.39 is 10.0 Å². The number of sulfonamides is 1. The van der Waals surface area contributed by atoms with Gasteiger partial charge in [0.05, 0.1) is 15.9 Å². The highest BCUT2D eigenvalue weighted by atomic mass is 32.2. The van der Waals surface area contributed by atoms with Gasteiger partial charge in [0, 0.05) is 18.7 Å². The van der Waals surface area contributed by atoms with Gasteiger partial charge in [-0.05, 0) is 24.6 Å². The molecule has 0 fully saturated rings. The second-order valence-electron chi connectivity index (χ2n) is 4.81. The largest absolute Gasteiger partial charge is 0.370 e. The third kappa shape index (κ3) is 3.79. The number of benzene rings is 1. The number of hydrogen-bond acceptors (Lipinski definition) is 5. The fourth-order valence-electron chi connectivity index (χ4n) is 2.06. The molecule has 0 radical (unpaired) electrons. The molecule has 0 saturated heterocycles. The van der Waals surface area contributed by atoms with E-state index in [2.05, 4.69) is 4.98 Å². The lowest BCUT2D eigenvalue weighted by Crippen LogP contribution is -2.11. The van der Waals surface area contributed by atoms with Gasteiger partial charge in [-0.15, -0.1) is 0 Å². The summed E-state index contributed by atoms with van der Waals surface area (Å²) in [7, 11) is -3.76. The van der Waals surface area contributed by atoms with Gasteiger partial charge >= 0.3 is 0 Å². The molecular weight excluding hydrogens is 324 g/mol. The molecule has 4 N–H and O–H groups in total. The molecular formula is C13H18N4O3S2. The quantitative estimate of drug-likeness (QED) is 0.729. The smallest absolute Gasteiger partial charge is 0.238 e. The molecule has 22 heavy (non-hydrogen) atoms. The Kier molecular flexibility index (Phi) is 5.09. The van der Waals surface area contributed by atoms with Crippen LogP contribution in [0.15, 0.2) is 28.3 Å². The van der Waals surface area contributed by atoms with Crippen LogP contribution in [0.3, 0.4) is 0 Å². The van der Waals surface area contributed by atoms with Crippen molar-refractivity contribution in [2.45, 2.75) is 36.4 Å². The molecule has 2 aromatic rings. The van der Waals surface area contributed by atoms with E-state index in [9.17, 15) is 13.2 Å². The number of carbonyl (C=O) groups excluding carboxylic acids is 1. The van der Waals surface area contributed by atoms with Crippen molar-refractivity contribution in [2.75, 3.05) is 5.75 Å². The van der Waals surface area contributed by atoms with Crippen LogP contribution in [-0.4, -0.2) is 29.6 Å². The summed E-state index contributed by atoms with van der Waals surface area (Å²) in [4.78, 5) is 15.3. The summed E-state index contributed by atoms with van der Waals surface area (Å²) in [5.41, 5.74) is 6.55. The van der Waals surface area contributed by atoms with Crippen LogP contribution in [0.5, 0.6) is 0 Å². The fourth-order valence-corrected chi connectivity index (χ4v) is 3.59. The molecule has 0 spiro atoms. The summed E-state index contributed by atoms with van der Waals surface area (Å²) < 4.78 is 24.9. The van der Waals surface area contributed by atoms with Gasteiger partial charge < -0.3 is 10.3 Å². The van der Waals surface area contributed by atoms with E-state index in [1.807, 2.05) is 11.5 Å². The molecule has 0 unspecified atom stereocenters. The number of primary amides is 1.